The molecule has 0 aromatic heterocycles. The van der Waals surface area contributed by atoms with Crippen LogP contribution in [0.1, 0.15) is 90.4 Å². The largest absolute Gasteiger partial charge is 0.382 e. The number of rotatable bonds is 19. The molecule has 0 radical (unpaired) electrons. The van der Waals surface area contributed by atoms with Gasteiger partial charge >= 0.3 is 0 Å². The van der Waals surface area contributed by atoms with Gasteiger partial charge in [0.05, 0.1) is 13.2 Å². The first-order valence-electron chi connectivity index (χ1n) is 10.1. The lowest BCUT2D eigenvalue weighted by molar-refractivity contribution is -0.121. The van der Waals surface area contributed by atoms with Crippen molar-refractivity contribution in [3.8, 4) is 0 Å². The fraction of sp³-hybridized carbons (Fsp3) is 0.950. The van der Waals surface area contributed by atoms with E-state index in [1.165, 1.54) is 64.2 Å². The zero-order valence-electron chi connectivity index (χ0n) is 16.2. The minimum Gasteiger partial charge on any atom is -0.382 e. The predicted molar refractivity (Wildman–Crippen MR) is 101 cm³/mol. The van der Waals surface area contributed by atoms with Crippen LogP contribution in [0.3, 0.4) is 0 Å². The molecule has 0 aliphatic rings. The Balaban J connectivity index is 3.12. The van der Waals surface area contributed by atoms with Crippen molar-refractivity contribution in [1.29, 1.82) is 0 Å². The van der Waals surface area contributed by atoms with Gasteiger partial charge in [0.15, 0.2) is 0 Å². The van der Waals surface area contributed by atoms with Crippen molar-refractivity contribution in [3.05, 3.63) is 0 Å². The number of carbonyl (C=O) groups excluding carboxylic acids is 1. The van der Waals surface area contributed by atoms with Gasteiger partial charge < -0.3 is 14.8 Å². The van der Waals surface area contributed by atoms with Crippen molar-refractivity contribution >= 4 is 5.91 Å². The van der Waals surface area contributed by atoms with Gasteiger partial charge in [0.2, 0.25) is 5.91 Å². The molecule has 1 amide bonds. The molecule has 0 saturated heterocycles. The molecule has 0 unspecified atom stereocenters. The molecule has 0 aromatic carbocycles. The second kappa shape index (κ2) is 20.4. The molecule has 0 aliphatic heterocycles. The van der Waals surface area contributed by atoms with E-state index >= 15 is 0 Å². The first kappa shape index (κ1) is 23.4. The second-order valence-corrected chi connectivity index (χ2v) is 6.59. The average molecular weight is 344 g/mol. The van der Waals surface area contributed by atoms with Crippen molar-refractivity contribution in [2.75, 3.05) is 33.5 Å². The van der Waals surface area contributed by atoms with Crippen molar-refractivity contribution in [3.63, 3.8) is 0 Å². The Morgan fingerprint density at radius 1 is 0.750 bits per heavy atom. The molecule has 0 bridgehead atoms. The fourth-order valence-electron chi connectivity index (χ4n) is 2.68. The summed E-state index contributed by atoms with van der Waals surface area (Å²) in [7, 11) is 1.66. The normalized spacial score (nSPS) is 10.9. The highest BCUT2D eigenvalue weighted by Crippen LogP contribution is 2.11. The number of nitrogens with one attached hydrogen (secondary N) is 1. The first-order chi connectivity index (χ1) is 11.8. The van der Waals surface area contributed by atoms with Gasteiger partial charge in [0.1, 0.15) is 0 Å². The number of methoxy groups -OCH3 is 1. The van der Waals surface area contributed by atoms with Crippen molar-refractivity contribution < 1.29 is 14.3 Å². The van der Waals surface area contributed by atoms with Crippen LogP contribution in [-0.2, 0) is 14.3 Å². The number of carbonyl (C=O) groups is 1. The molecule has 0 spiro atoms. The van der Waals surface area contributed by atoms with Crippen LogP contribution < -0.4 is 5.32 Å². The molecule has 0 aromatic rings. The van der Waals surface area contributed by atoms with E-state index in [0.29, 0.717) is 32.8 Å². The summed E-state index contributed by atoms with van der Waals surface area (Å²) in [5.74, 6) is 0.183. The average Bonchev–Trinajstić information content (AvgIpc) is 2.59. The Labute approximate surface area is 150 Å². The van der Waals surface area contributed by atoms with Gasteiger partial charge in [-0.2, -0.15) is 0 Å². The minimum atomic E-state index is 0.183. The van der Waals surface area contributed by atoms with Crippen LogP contribution in [0.5, 0.6) is 0 Å². The Morgan fingerprint density at radius 2 is 1.33 bits per heavy atom. The quantitative estimate of drug-likeness (QED) is 0.341. The Hall–Kier alpha value is -0.610. The number of amides is 1. The van der Waals surface area contributed by atoms with Gasteiger partial charge in [-0.15, -0.1) is 0 Å². The van der Waals surface area contributed by atoms with E-state index in [1.54, 1.807) is 7.11 Å². The maximum absolute atomic E-state index is 11.7. The van der Waals surface area contributed by atoms with Crippen LogP contribution in [-0.4, -0.2) is 39.4 Å². The molecule has 144 valence electrons. The van der Waals surface area contributed by atoms with Gasteiger partial charge in [-0.25, -0.2) is 0 Å². The first-order valence-corrected chi connectivity index (χ1v) is 10.1. The lowest BCUT2D eigenvalue weighted by atomic mass is 10.1. The maximum Gasteiger partial charge on any atom is 0.219 e. The van der Waals surface area contributed by atoms with Crippen LogP contribution in [0, 0.1) is 0 Å². The molecule has 0 saturated carbocycles. The summed E-state index contributed by atoms with van der Waals surface area (Å²) in [6.45, 7) is 4.92. The Morgan fingerprint density at radius 3 is 1.92 bits per heavy atom. The van der Waals surface area contributed by atoms with Crippen LogP contribution in [0.2, 0.25) is 0 Å². The minimum absolute atomic E-state index is 0.183. The van der Waals surface area contributed by atoms with Crippen LogP contribution in [0.4, 0.5) is 0 Å². The molecule has 0 aliphatic carbocycles. The van der Waals surface area contributed by atoms with E-state index < -0.39 is 0 Å². The molecular formula is C20H41NO3. The number of hydrogen-bond acceptors (Lipinski definition) is 3. The van der Waals surface area contributed by atoms with E-state index in [9.17, 15) is 4.79 Å². The van der Waals surface area contributed by atoms with Gasteiger partial charge in [-0.3, -0.25) is 4.79 Å². The highest BCUT2D eigenvalue weighted by Gasteiger charge is 2.00. The molecule has 0 atom stereocenters. The van der Waals surface area contributed by atoms with Gasteiger partial charge in [-0.1, -0.05) is 71.1 Å². The summed E-state index contributed by atoms with van der Waals surface area (Å²) in [6, 6.07) is 0. The van der Waals surface area contributed by atoms with E-state index in [2.05, 4.69) is 12.2 Å². The molecule has 4 nitrogen and oxygen atoms in total. The molecule has 24 heavy (non-hydrogen) atoms. The van der Waals surface area contributed by atoms with Crippen LogP contribution in [0.15, 0.2) is 0 Å². The highest BCUT2D eigenvalue weighted by molar-refractivity contribution is 5.75. The molecular weight excluding hydrogens is 302 g/mol. The van der Waals surface area contributed by atoms with E-state index in [0.717, 1.165) is 12.8 Å². The smallest absolute Gasteiger partial charge is 0.219 e. The third kappa shape index (κ3) is 19.4. The zero-order valence-corrected chi connectivity index (χ0v) is 16.2. The number of unbranched alkanes of at least 4 members (excludes halogenated alkanes) is 10. The Bertz CT molecular complexity index is 259. The van der Waals surface area contributed by atoms with E-state index in [1.807, 2.05) is 0 Å². The molecule has 0 heterocycles. The van der Waals surface area contributed by atoms with Crippen molar-refractivity contribution in [2.45, 2.75) is 90.4 Å². The topological polar surface area (TPSA) is 47.6 Å². The molecule has 0 fully saturated rings. The SMILES string of the molecule is CCCCCCCCCCCCCC(=O)NCCCOCCOC. The lowest BCUT2D eigenvalue weighted by Gasteiger charge is -2.06. The summed E-state index contributed by atoms with van der Waals surface area (Å²) in [5, 5.41) is 2.96. The van der Waals surface area contributed by atoms with Gasteiger partial charge in [-0.05, 0) is 12.8 Å². The van der Waals surface area contributed by atoms with Gasteiger partial charge in [0, 0.05) is 26.7 Å². The zero-order chi connectivity index (χ0) is 17.7. The summed E-state index contributed by atoms with van der Waals surface area (Å²) < 4.78 is 10.2. The molecule has 1 N–H and O–H groups in total. The predicted octanol–water partition coefficient (Wildman–Crippen LogP) is 4.86. The monoisotopic (exact) mass is 343 g/mol. The van der Waals surface area contributed by atoms with E-state index in [4.69, 9.17) is 9.47 Å². The Kier molecular flexibility index (Phi) is 19.9. The molecule has 4 heteroatoms. The second-order valence-electron chi connectivity index (χ2n) is 6.59. The summed E-state index contributed by atoms with van der Waals surface area (Å²) in [5.41, 5.74) is 0. The highest BCUT2D eigenvalue weighted by atomic mass is 16.5. The number of ether oxygens (including phenoxy) is 2. The lowest BCUT2D eigenvalue weighted by Crippen LogP contribution is -2.25. The van der Waals surface area contributed by atoms with Crippen molar-refractivity contribution in [1.82, 2.24) is 5.32 Å². The van der Waals surface area contributed by atoms with Gasteiger partial charge in [0.25, 0.3) is 0 Å². The van der Waals surface area contributed by atoms with Crippen LogP contribution >= 0.6 is 0 Å². The summed E-state index contributed by atoms with van der Waals surface area (Å²) >= 11 is 0. The van der Waals surface area contributed by atoms with Crippen molar-refractivity contribution in [2.24, 2.45) is 0 Å². The van der Waals surface area contributed by atoms with E-state index in [-0.39, 0.29) is 5.91 Å². The summed E-state index contributed by atoms with van der Waals surface area (Å²) in [6.07, 6.45) is 16.0. The third-order valence-corrected chi connectivity index (χ3v) is 4.23. The fourth-order valence-corrected chi connectivity index (χ4v) is 2.68. The third-order valence-electron chi connectivity index (χ3n) is 4.23. The maximum atomic E-state index is 11.7. The summed E-state index contributed by atoms with van der Waals surface area (Å²) in [4.78, 5) is 11.7. The molecule has 0 rings (SSSR count). The standard InChI is InChI=1S/C20H41NO3/c1-3-4-5-6-7-8-9-10-11-12-13-15-20(22)21-16-14-17-24-19-18-23-2/h3-19H2,1-2H3,(H,21,22). The number of hydrogen-bond donors (Lipinski definition) is 1. The van der Waals surface area contributed by atoms with Crippen LogP contribution in [0.25, 0.3) is 0 Å².